The molecular weight excluding hydrogens is 364 g/mol. The van der Waals surface area contributed by atoms with Crippen LogP contribution in [-0.4, -0.2) is 35.5 Å². The minimum absolute atomic E-state index is 0. The lowest BCUT2D eigenvalue weighted by atomic mass is 9.72. The van der Waals surface area contributed by atoms with E-state index in [0.29, 0.717) is 5.92 Å². The number of fused-ring (bicyclic) bond motifs is 4. The molecule has 2 aromatic rings. The van der Waals surface area contributed by atoms with E-state index in [1.54, 1.807) is 11.3 Å². The topological polar surface area (TPSA) is 32.3 Å². The summed E-state index contributed by atoms with van der Waals surface area (Å²) in [4.78, 5) is 16.4. The van der Waals surface area contributed by atoms with Crippen molar-refractivity contribution in [1.29, 1.82) is 0 Å². The van der Waals surface area contributed by atoms with Crippen LogP contribution in [0.2, 0.25) is 0 Å². The number of benzene rings is 1. The van der Waals surface area contributed by atoms with Crippen LogP contribution in [-0.2, 0) is 0 Å². The van der Waals surface area contributed by atoms with E-state index in [-0.39, 0.29) is 29.9 Å². The van der Waals surface area contributed by atoms with Crippen LogP contribution in [0.1, 0.15) is 60.7 Å². The minimum Gasteiger partial charge on any atom is -0.346 e. The van der Waals surface area contributed by atoms with Gasteiger partial charge in [-0.3, -0.25) is 9.69 Å². The monoisotopic (exact) mass is 390 g/mol. The molecule has 1 N–H and O–H groups in total. The number of halogens is 1. The molecule has 0 spiro atoms. The highest BCUT2D eigenvalue weighted by Crippen LogP contribution is 2.42. The van der Waals surface area contributed by atoms with Crippen molar-refractivity contribution in [2.45, 2.75) is 57.0 Å². The Labute approximate surface area is 165 Å². The molecule has 1 atom stereocenters. The number of carbonyl (C=O) groups excluding carboxylic acids is 1. The van der Waals surface area contributed by atoms with E-state index in [2.05, 4.69) is 48.3 Å². The van der Waals surface area contributed by atoms with Crippen LogP contribution < -0.4 is 5.32 Å². The predicted octanol–water partition coefficient (Wildman–Crippen LogP) is 4.80. The molecule has 4 aliphatic rings. The predicted molar refractivity (Wildman–Crippen MR) is 111 cm³/mol. The van der Waals surface area contributed by atoms with E-state index in [9.17, 15) is 4.79 Å². The second-order valence-corrected chi connectivity index (χ2v) is 9.70. The van der Waals surface area contributed by atoms with Crippen LogP contribution in [0.15, 0.2) is 24.3 Å². The second-order valence-electron chi connectivity index (χ2n) is 8.61. The first-order valence-corrected chi connectivity index (χ1v) is 10.4. The third kappa shape index (κ3) is 2.96. The Hall–Kier alpha value is -1.10. The van der Waals surface area contributed by atoms with Crippen molar-refractivity contribution in [2.24, 2.45) is 5.92 Å². The van der Waals surface area contributed by atoms with Crippen LogP contribution in [0.25, 0.3) is 10.1 Å². The number of thiophene rings is 1. The van der Waals surface area contributed by atoms with Gasteiger partial charge in [0.15, 0.2) is 0 Å². The zero-order chi connectivity index (χ0) is 17.2. The molecule has 1 amide bonds. The summed E-state index contributed by atoms with van der Waals surface area (Å²) in [5, 5.41) is 4.63. The molecule has 1 aromatic carbocycles. The van der Waals surface area contributed by atoms with Crippen molar-refractivity contribution in [1.82, 2.24) is 10.2 Å². The van der Waals surface area contributed by atoms with Gasteiger partial charge in [0.25, 0.3) is 5.91 Å². The van der Waals surface area contributed by atoms with Gasteiger partial charge in [-0.25, -0.2) is 0 Å². The van der Waals surface area contributed by atoms with Gasteiger partial charge in [-0.2, -0.15) is 0 Å². The Bertz CT molecular complexity index is 834. The maximum Gasteiger partial charge on any atom is 0.261 e. The molecule has 5 heteroatoms. The maximum absolute atomic E-state index is 13.0. The third-order valence-corrected chi connectivity index (χ3v) is 7.80. The molecule has 2 bridgehead atoms. The van der Waals surface area contributed by atoms with E-state index >= 15 is 0 Å². The van der Waals surface area contributed by atoms with Crippen molar-refractivity contribution < 1.29 is 4.79 Å². The van der Waals surface area contributed by atoms with Crippen LogP contribution in [0.4, 0.5) is 0 Å². The number of hydrogen-bond acceptors (Lipinski definition) is 3. The van der Waals surface area contributed by atoms with Crippen LogP contribution >= 0.6 is 23.7 Å². The summed E-state index contributed by atoms with van der Waals surface area (Å²) in [6.45, 7) is 6.93. The number of amides is 1. The first-order valence-electron chi connectivity index (χ1n) is 9.62. The van der Waals surface area contributed by atoms with E-state index in [4.69, 9.17) is 0 Å². The van der Waals surface area contributed by atoms with Crippen molar-refractivity contribution in [3.8, 4) is 0 Å². The van der Waals surface area contributed by atoms with E-state index in [1.165, 1.54) is 54.4 Å². The fourth-order valence-corrected chi connectivity index (χ4v) is 5.88. The molecule has 1 aliphatic carbocycles. The molecule has 3 aliphatic heterocycles. The molecule has 1 saturated carbocycles. The van der Waals surface area contributed by atoms with Gasteiger partial charge in [0.2, 0.25) is 0 Å². The van der Waals surface area contributed by atoms with Gasteiger partial charge >= 0.3 is 0 Å². The number of hydrogen-bond donors (Lipinski definition) is 1. The summed E-state index contributed by atoms with van der Waals surface area (Å²) < 4.78 is 1.22. The largest absolute Gasteiger partial charge is 0.346 e. The summed E-state index contributed by atoms with van der Waals surface area (Å²) >= 11 is 1.63. The lowest BCUT2D eigenvalue weighted by molar-refractivity contribution is -0.0377. The zero-order valence-electron chi connectivity index (χ0n) is 15.5. The molecule has 0 unspecified atom stereocenters. The molecule has 0 radical (unpaired) electrons. The van der Waals surface area contributed by atoms with Crippen molar-refractivity contribution in [3.05, 3.63) is 34.7 Å². The number of piperidine rings is 3. The van der Waals surface area contributed by atoms with Crippen molar-refractivity contribution in [3.63, 3.8) is 0 Å². The van der Waals surface area contributed by atoms with Gasteiger partial charge in [0.1, 0.15) is 0 Å². The molecule has 3 nitrogen and oxygen atoms in total. The van der Waals surface area contributed by atoms with Gasteiger partial charge in [-0.05, 0) is 87.5 Å². The van der Waals surface area contributed by atoms with Gasteiger partial charge in [0, 0.05) is 16.3 Å². The highest BCUT2D eigenvalue weighted by Gasteiger charge is 2.48. The Morgan fingerprint density at radius 1 is 1.15 bits per heavy atom. The summed E-state index contributed by atoms with van der Waals surface area (Å²) in [6, 6.07) is 9.08. The molecule has 6 rings (SSSR count). The maximum atomic E-state index is 13.0. The Morgan fingerprint density at radius 3 is 2.54 bits per heavy atom. The molecule has 26 heavy (non-hydrogen) atoms. The van der Waals surface area contributed by atoms with Crippen molar-refractivity contribution in [2.75, 3.05) is 13.1 Å². The highest BCUT2D eigenvalue weighted by atomic mass is 35.5. The molecule has 1 aromatic heterocycles. The lowest BCUT2D eigenvalue weighted by Gasteiger charge is -2.56. The average molecular weight is 391 g/mol. The molecule has 3 saturated heterocycles. The first kappa shape index (κ1) is 18.3. The minimum atomic E-state index is 0. The summed E-state index contributed by atoms with van der Waals surface area (Å²) in [6.07, 6.45) is 5.06. The standard InChI is InChI=1S/C21H26N2OS.ClH/c1-21(2)19(14-7-9-23(21)10-8-14)22-20(24)18-12-16-11-15(13-3-4-13)5-6-17(16)25-18;/h5-6,11-14,19H,3-4,7-10H2,1-2H3,(H,22,24);1H/t19-;/m1./s1. The van der Waals surface area contributed by atoms with E-state index < -0.39 is 0 Å². The normalized spacial score (nSPS) is 29.4. The summed E-state index contributed by atoms with van der Waals surface area (Å²) in [5.41, 5.74) is 1.50. The van der Waals surface area contributed by atoms with E-state index in [0.717, 1.165) is 10.8 Å². The van der Waals surface area contributed by atoms with Crippen LogP contribution in [0.5, 0.6) is 0 Å². The van der Waals surface area contributed by atoms with Gasteiger partial charge in [-0.15, -0.1) is 23.7 Å². The molecule has 4 heterocycles. The third-order valence-electron chi connectivity index (χ3n) is 6.69. The number of rotatable bonds is 3. The Balaban J connectivity index is 0.00000168. The van der Waals surface area contributed by atoms with E-state index in [1.807, 2.05) is 0 Å². The van der Waals surface area contributed by atoms with Gasteiger partial charge in [-0.1, -0.05) is 12.1 Å². The summed E-state index contributed by atoms with van der Waals surface area (Å²) in [7, 11) is 0. The van der Waals surface area contributed by atoms with Crippen LogP contribution in [0, 0.1) is 5.92 Å². The number of nitrogens with one attached hydrogen (secondary N) is 1. The molecule has 4 fully saturated rings. The van der Waals surface area contributed by atoms with Gasteiger partial charge in [0.05, 0.1) is 4.88 Å². The number of carbonyl (C=O) groups is 1. The molecular formula is C21H27ClN2OS. The Kier molecular flexibility index (Phi) is 4.57. The zero-order valence-corrected chi connectivity index (χ0v) is 17.1. The highest BCUT2D eigenvalue weighted by molar-refractivity contribution is 7.20. The summed E-state index contributed by atoms with van der Waals surface area (Å²) in [5.74, 6) is 1.50. The fraction of sp³-hybridized carbons (Fsp3) is 0.571. The van der Waals surface area contributed by atoms with Crippen LogP contribution in [0.3, 0.4) is 0 Å². The molecule has 140 valence electrons. The average Bonchev–Trinajstić information content (AvgIpc) is 3.36. The quantitative estimate of drug-likeness (QED) is 0.816. The number of nitrogens with zero attached hydrogens (tertiary/aromatic N) is 1. The smallest absolute Gasteiger partial charge is 0.261 e. The SMILES string of the molecule is CC1(C)[C@H](NC(=O)c2cc3cc(C4CC4)ccc3s2)C2CCN1CC2.Cl. The second kappa shape index (κ2) is 6.50. The fourth-order valence-electron chi connectivity index (χ4n) is 4.93. The lowest BCUT2D eigenvalue weighted by Crippen LogP contribution is -2.69. The van der Waals surface area contributed by atoms with Gasteiger partial charge < -0.3 is 5.32 Å². The van der Waals surface area contributed by atoms with Crippen molar-refractivity contribution >= 4 is 39.7 Å². The Morgan fingerprint density at radius 2 is 1.88 bits per heavy atom. The first-order chi connectivity index (χ1) is 12.0.